The highest BCUT2D eigenvalue weighted by atomic mass is 16.5. The maximum absolute atomic E-state index is 11.4. The molecule has 1 unspecified atom stereocenters. The van der Waals surface area contributed by atoms with Crippen LogP contribution in [0.1, 0.15) is 84.0 Å². The van der Waals surface area contributed by atoms with Crippen molar-refractivity contribution in [1.29, 1.82) is 0 Å². The predicted molar refractivity (Wildman–Crippen MR) is 103 cm³/mol. The molecule has 0 aliphatic heterocycles. The number of aliphatic hydroxyl groups excluding tert-OH is 2. The van der Waals surface area contributed by atoms with Crippen molar-refractivity contribution in [3.05, 3.63) is 24.3 Å². The van der Waals surface area contributed by atoms with Crippen LogP contribution >= 0.6 is 0 Å². The fourth-order valence-corrected chi connectivity index (χ4v) is 2.40. The second-order valence-electron chi connectivity index (χ2n) is 6.50. The number of rotatable bonds is 17. The third kappa shape index (κ3) is 19.0. The molecule has 25 heavy (non-hydrogen) atoms. The summed E-state index contributed by atoms with van der Waals surface area (Å²) in [6.45, 7) is 1.71. The van der Waals surface area contributed by atoms with Crippen LogP contribution in [0, 0.1) is 0 Å². The van der Waals surface area contributed by atoms with E-state index in [0.29, 0.717) is 6.42 Å². The molecular weight excluding hydrogens is 316 g/mol. The number of allylic oxidation sites excluding steroid dienone is 4. The molecule has 0 fully saturated rings. The van der Waals surface area contributed by atoms with E-state index in [0.717, 1.165) is 25.7 Å². The highest BCUT2D eigenvalue weighted by Gasteiger charge is 2.07. The molecule has 0 heterocycles. The van der Waals surface area contributed by atoms with Gasteiger partial charge in [0.25, 0.3) is 0 Å². The summed E-state index contributed by atoms with van der Waals surface area (Å²) in [4.78, 5) is 11.4. The molecule has 0 aromatic carbocycles. The van der Waals surface area contributed by atoms with Crippen molar-refractivity contribution in [3.8, 4) is 0 Å². The lowest BCUT2D eigenvalue weighted by Crippen LogP contribution is -2.21. The molecule has 0 amide bonds. The van der Waals surface area contributed by atoms with Crippen molar-refractivity contribution < 1.29 is 19.7 Å². The molecule has 0 radical (unpaired) electrons. The van der Waals surface area contributed by atoms with Gasteiger partial charge in [-0.25, -0.2) is 0 Å². The molecule has 0 aliphatic carbocycles. The molecule has 0 saturated carbocycles. The zero-order valence-corrected chi connectivity index (χ0v) is 16.0. The topological polar surface area (TPSA) is 66.8 Å². The average molecular weight is 355 g/mol. The minimum atomic E-state index is -0.962. The molecule has 2 N–H and O–H groups in total. The van der Waals surface area contributed by atoms with E-state index in [2.05, 4.69) is 31.2 Å². The number of aliphatic hydroxyl groups is 2. The van der Waals surface area contributed by atoms with Gasteiger partial charge in [0.1, 0.15) is 12.7 Å². The van der Waals surface area contributed by atoms with Crippen LogP contribution in [0.2, 0.25) is 0 Å². The van der Waals surface area contributed by atoms with Crippen molar-refractivity contribution >= 4 is 5.97 Å². The van der Waals surface area contributed by atoms with Crippen molar-refractivity contribution in [2.24, 2.45) is 0 Å². The van der Waals surface area contributed by atoms with Gasteiger partial charge in [0, 0.05) is 6.42 Å². The first kappa shape index (κ1) is 23.9. The maximum Gasteiger partial charge on any atom is 0.305 e. The molecule has 0 saturated heterocycles. The predicted octanol–water partition coefficient (Wildman–Crippen LogP) is 4.70. The van der Waals surface area contributed by atoms with Gasteiger partial charge >= 0.3 is 5.97 Å². The quantitative estimate of drug-likeness (QED) is 0.226. The van der Waals surface area contributed by atoms with Crippen molar-refractivity contribution in [1.82, 2.24) is 0 Å². The Hall–Kier alpha value is -1.13. The summed E-state index contributed by atoms with van der Waals surface area (Å²) in [5.41, 5.74) is 0. The first-order valence-corrected chi connectivity index (χ1v) is 9.95. The SMILES string of the molecule is CCCC=CCC=CCCCCCCCCCC(=O)OCC(O)CO. The number of hydrogen-bond acceptors (Lipinski definition) is 4. The van der Waals surface area contributed by atoms with Gasteiger partial charge in [-0.3, -0.25) is 4.79 Å². The van der Waals surface area contributed by atoms with E-state index in [1.54, 1.807) is 0 Å². The zero-order valence-electron chi connectivity index (χ0n) is 16.0. The van der Waals surface area contributed by atoms with Gasteiger partial charge in [-0.05, 0) is 32.1 Å². The van der Waals surface area contributed by atoms with E-state index >= 15 is 0 Å². The average Bonchev–Trinajstić information content (AvgIpc) is 2.62. The summed E-state index contributed by atoms with van der Waals surface area (Å²) in [5, 5.41) is 17.7. The first-order chi connectivity index (χ1) is 12.2. The number of hydrogen-bond donors (Lipinski definition) is 2. The molecule has 0 aromatic rings. The molecule has 0 spiro atoms. The Kier molecular flexibility index (Phi) is 18.3. The van der Waals surface area contributed by atoms with Crippen LogP contribution in [-0.4, -0.2) is 35.5 Å². The van der Waals surface area contributed by atoms with E-state index in [1.165, 1.54) is 44.9 Å². The summed E-state index contributed by atoms with van der Waals surface area (Å²) in [6.07, 6.45) is 21.2. The zero-order chi connectivity index (χ0) is 18.6. The first-order valence-electron chi connectivity index (χ1n) is 9.95. The van der Waals surface area contributed by atoms with Crippen LogP contribution < -0.4 is 0 Å². The highest BCUT2D eigenvalue weighted by Crippen LogP contribution is 2.10. The van der Waals surface area contributed by atoms with E-state index in [1.807, 2.05) is 0 Å². The lowest BCUT2D eigenvalue weighted by Gasteiger charge is -2.08. The van der Waals surface area contributed by atoms with Crippen LogP contribution in [0.4, 0.5) is 0 Å². The molecule has 4 heteroatoms. The van der Waals surface area contributed by atoms with Gasteiger partial charge in [0.05, 0.1) is 6.61 Å². The van der Waals surface area contributed by atoms with Crippen molar-refractivity contribution in [2.45, 2.75) is 90.1 Å². The van der Waals surface area contributed by atoms with Gasteiger partial charge in [0.15, 0.2) is 0 Å². The summed E-state index contributed by atoms with van der Waals surface area (Å²) in [5.74, 6) is -0.288. The van der Waals surface area contributed by atoms with Crippen LogP contribution in [-0.2, 0) is 9.53 Å². The maximum atomic E-state index is 11.4. The Morgan fingerprint density at radius 3 is 2.16 bits per heavy atom. The number of carbonyl (C=O) groups excluding carboxylic acids is 1. The Labute approximate surface area is 154 Å². The number of unbranched alkanes of at least 4 members (excludes halogenated alkanes) is 8. The fraction of sp³-hybridized carbons (Fsp3) is 0.762. The smallest absolute Gasteiger partial charge is 0.305 e. The van der Waals surface area contributed by atoms with Crippen LogP contribution in [0.15, 0.2) is 24.3 Å². The summed E-state index contributed by atoms with van der Waals surface area (Å²) in [7, 11) is 0. The van der Waals surface area contributed by atoms with E-state index < -0.39 is 6.10 Å². The van der Waals surface area contributed by atoms with Crippen LogP contribution in [0.3, 0.4) is 0 Å². The minimum Gasteiger partial charge on any atom is -0.463 e. The molecule has 146 valence electrons. The lowest BCUT2D eigenvalue weighted by atomic mass is 10.1. The van der Waals surface area contributed by atoms with Gasteiger partial charge in [-0.2, -0.15) is 0 Å². The summed E-state index contributed by atoms with van der Waals surface area (Å²) in [6, 6.07) is 0. The molecule has 0 aliphatic rings. The molecule has 0 bridgehead atoms. The standard InChI is InChI=1S/C21H38O4/c1-2-3-4-5-6-7-8-9-10-11-12-13-14-15-16-17-21(24)25-19-20(23)18-22/h4-5,7-8,20,22-23H,2-3,6,9-19H2,1H3. The summed E-state index contributed by atoms with van der Waals surface area (Å²) < 4.78 is 4.85. The van der Waals surface area contributed by atoms with E-state index in [4.69, 9.17) is 14.9 Å². The molecule has 0 aromatic heterocycles. The van der Waals surface area contributed by atoms with Crippen molar-refractivity contribution in [2.75, 3.05) is 13.2 Å². The third-order valence-corrected chi connectivity index (χ3v) is 3.96. The molecule has 4 nitrogen and oxygen atoms in total. The molecular formula is C21H38O4. The van der Waals surface area contributed by atoms with Gasteiger partial charge in [-0.1, -0.05) is 69.8 Å². The second kappa shape index (κ2) is 19.2. The van der Waals surface area contributed by atoms with Gasteiger partial charge in [0.2, 0.25) is 0 Å². The second-order valence-corrected chi connectivity index (χ2v) is 6.50. The van der Waals surface area contributed by atoms with Gasteiger partial charge in [-0.15, -0.1) is 0 Å². The Morgan fingerprint density at radius 1 is 0.920 bits per heavy atom. The highest BCUT2D eigenvalue weighted by molar-refractivity contribution is 5.69. The largest absolute Gasteiger partial charge is 0.463 e. The monoisotopic (exact) mass is 354 g/mol. The Morgan fingerprint density at radius 2 is 1.52 bits per heavy atom. The molecule has 1 atom stereocenters. The fourth-order valence-electron chi connectivity index (χ4n) is 2.40. The Balaban J connectivity index is 3.26. The number of esters is 1. The van der Waals surface area contributed by atoms with Gasteiger partial charge < -0.3 is 14.9 Å². The normalized spacial score (nSPS) is 12.9. The summed E-state index contributed by atoms with van der Waals surface area (Å²) >= 11 is 0. The van der Waals surface area contributed by atoms with Crippen LogP contribution in [0.5, 0.6) is 0 Å². The third-order valence-electron chi connectivity index (χ3n) is 3.96. The minimum absolute atomic E-state index is 0.112. The van der Waals surface area contributed by atoms with Crippen LogP contribution in [0.25, 0.3) is 0 Å². The van der Waals surface area contributed by atoms with E-state index in [9.17, 15) is 4.79 Å². The molecule has 0 rings (SSSR count). The Bertz CT molecular complexity index is 350. The lowest BCUT2D eigenvalue weighted by molar-refractivity contribution is -0.147. The van der Waals surface area contributed by atoms with E-state index in [-0.39, 0.29) is 19.2 Å². The number of carbonyl (C=O) groups is 1. The van der Waals surface area contributed by atoms with Crippen molar-refractivity contribution in [3.63, 3.8) is 0 Å². The number of ether oxygens (including phenoxy) is 1.